The molecule has 4 heteroatoms. The van der Waals surface area contributed by atoms with Crippen LogP contribution in [0.25, 0.3) is 0 Å². The Bertz CT molecular complexity index is 754. The molecule has 3 rings (SSSR count). The first-order valence-corrected chi connectivity index (χ1v) is 12.1. The molecular formula is C27H39N3O. The molecule has 0 aliphatic carbocycles. The van der Waals surface area contributed by atoms with Gasteiger partial charge in [0.25, 0.3) is 0 Å². The quantitative estimate of drug-likeness (QED) is 0.441. The lowest BCUT2D eigenvalue weighted by molar-refractivity contribution is -0.122. The largest absolute Gasteiger partial charge is 0.378 e. The maximum Gasteiger partial charge on any atom is 0.234 e. The second kappa shape index (κ2) is 13.2. The van der Waals surface area contributed by atoms with Gasteiger partial charge < -0.3 is 10.6 Å². The number of amides is 1. The zero-order valence-electron chi connectivity index (χ0n) is 19.1. The molecule has 0 spiro atoms. The molecule has 1 aliphatic heterocycles. The molecule has 2 aromatic rings. The molecule has 1 aliphatic rings. The van der Waals surface area contributed by atoms with Gasteiger partial charge in [-0.25, -0.2) is 0 Å². The van der Waals surface area contributed by atoms with Gasteiger partial charge in [0.05, 0.1) is 12.6 Å². The van der Waals surface area contributed by atoms with E-state index in [9.17, 15) is 4.79 Å². The summed E-state index contributed by atoms with van der Waals surface area (Å²) in [6.07, 6.45) is 9.53. The molecule has 0 aromatic heterocycles. The number of carbonyl (C=O) groups is 1. The van der Waals surface area contributed by atoms with Gasteiger partial charge in [0.1, 0.15) is 0 Å². The molecule has 31 heavy (non-hydrogen) atoms. The molecular weight excluding hydrogens is 382 g/mol. The van der Waals surface area contributed by atoms with E-state index in [1.54, 1.807) is 0 Å². The Morgan fingerprint density at radius 2 is 1.71 bits per heavy atom. The van der Waals surface area contributed by atoms with Crippen LogP contribution in [0.4, 0.5) is 5.69 Å². The normalized spacial score (nSPS) is 15.4. The van der Waals surface area contributed by atoms with E-state index in [0.717, 1.165) is 31.6 Å². The van der Waals surface area contributed by atoms with Crippen molar-refractivity contribution in [3.8, 4) is 0 Å². The average Bonchev–Trinajstić information content (AvgIpc) is 2.81. The van der Waals surface area contributed by atoms with Gasteiger partial charge in [-0.2, -0.15) is 0 Å². The van der Waals surface area contributed by atoms with Crippen molar-refractivity contribution < 1.29 is 4.79 Å². The minimum absolute atomic E-state index is 0.144. The molecule has 1 atom stereocenters. The number of hydrogen-bond donors (Lipinski definition) is 2. The van der Waals surface area contributed by atoms with Crippen LogP contribution < -0.4 is 10.6 Å². The topological polar surface area (TPSA) is 44.4 Å². The minimum atomic E-state index is 0.144. The highest BCUT2D eigenvalue weighted by atomic mass is 16.2. The summed E-state index contributed by atoms with van der Waals surface area (Å²) >= 11 is 0. The average molecular weight is 422 g/mol. The van der Waals surface area contributed by atoms with Gasteiger partial charge in [0.2, 0.25) is 5.91 Å². The van der Waals surface area contributed by atoms with E-state index in [0.29, 0.717) is 13.1 Å². The molecule has 2 aromatic carbocycles. The summed E-state index contributed by atoms with van der Waals surface area (Å²) in [5.74, 6) is 0.144. The van der Waals surface area contributed by atoms with Crippen molar-refractivity contribution >= 4 is 11.6 Å². The second-order valence-electron chi connectivity index (χ2n) is 8.74. The van der Waals surface area contributed by atoms with E-state index in [1.165, 1.54) is 49.7 Å². The van der Waals surface area contributed by atoms with Gasteiger partial charge in [-0.1, -0.05) is 68.7 Å². The molecule has 1 heterocycles. The monoisotopic (exact) mass is 421 g/mol. The van der Waals surface area contributed by atoms with Crippen molar-refractivity contribution in [3.05, 3.63) is 65.7 Å². The molecule has 0 saturated carbocycles. The second-order valence-corrected chi connectivity index (χ2v) is 8.74. The Hall–Kier alpha value is -2.33. The van der Waals surface area contributed by atoms with Crippen LogP contribution in [-0.4, -0.2) is 37.0 Å². The van der Waals surface area contributed by atoms with Crippen LogP contribution in [0.1, 0.15) is 69.0 Å². The first-order chi connectivity index (χ1) is 15.2. The highest BCUT2D eigenvalue weighted by Gasteiger charge is 2.15. The summed E-state index contributed by atoms with van der Waals surface area (Å²) < 4.78 is 0. The summed E-state index contributed by atoms with van der Waals surface area (Å²) in [6.45, 7) is 5.55. The zero-order chi connectivity index (χ0) is 21.7. The van der Waals surface area contributed by atoms with Crippen molar-refractivity contribution in [3.63, 3.8) is 0 Å². The van der Waals surface area contributed by atoms with E-state index in [2.05, 4.69) is 71.0 Å². The molecule has 168 valence electrons. The first-order valence-electron chi connectivity index (χ1n) is 12.1. The van der Waals surface area contributed by atoms with Crippen molar-refractivity contribution in [2.45, 2.75) is 64.3 Å². The highest BCUT2D eigenvalue weighted by molar-refractivity contribution is 5.78. The number of likely N-dealkylation sites (tertiary alicyclic amines) is 1. The maximum absolute atomic E-state index is 12.4. The van der Waals surface area contributed by atoms with E-state index < -0.39 is 0 Å². The fourth-order valence-corrected chi connectivity index (χ4v) is 4.29. The van der Waals surface area contributed by atoms with E-state index in [-0.39, 0.29) is 11.9 Å². The van der Waals surface area contributed by atoms with Crippen LogP contribution in [-0.2, 0) is 11.2 Å². The molecule has 0 radical (unpaired) electrons. The van der Waals surface area contributed by atoms with Gasteiger partial charge in [-0.15, -0.1) is 0 Å². The number of unbranched alkanes of at least 4 members (excludes halogenated alkanes) is 2. The molecule has 0 bridgehead atoms. The molecule has 1 fully saturated rings. The van der Waals surface area contributed by atoms with Gasteiger partial charge >= 0.3 is 0 Å². The van der Waals surface area contributed by atoms with Crippen molar-refractivity contribution in [2.24, 2.45) is 0 Å². The Labute approximate surface area is 188 Å². The summed E-state index contributed by atoms with van der Waals surface area (Å²) in [6, 6.07) is 19.5. The lowest BCUT2D eigenvalue weighted by atomic mass is 10.0. The van der Waals surface area contributed by atoms with E-state index >= 15 is 0 Å². The van der Waals surface area contributed by atoms with Crippen LogP contribution in [0.15, 0.2) is 54.6 Å². The predicted octanol–water partition coefficient (Wildman–Crippen LogP) is 5.56. The number of hydrogen-bond acceptors (Lipinski definition) is 3. The third-order valence-corrected chi connectivity index (χ3v) is 6.14. The van der Waals surface area contributed by atoms with Gasteiger partial charge in [0.15, 0.2) is 0 Å². The molecule has 1 amide bonds. The van der Waals surface area contributed by atoms with Gasteiger partial charge in [-0.05, 0) is 68.5 Å². The third-order valence-electron chi connectivity index (χ3n) is 6.14. The maximum atomic E-state index is 12.4. The Balaban J connectivity index is 1.52. The van der Waals surface area contributed by atoms with Crippen LogP contribution in [0.3, 0.4) is 0 Å². The van der Waals surface area contributed by atoms with Crippen LogP contribution >= 0.6 is 0 Å². The Morgan fingerprint density at radius 3 is 2.42 bits per heavy atom. The summed E-state index contributed by atoms with van der Waals surface area (Å²) in [7, 11) is 0. The molecule has 1 saturated heterocycles. The SMILES string of the molecule is CCCCCc1ccc(NC(CCNC(=O)CN2CCCCC2)c2ccccc2)cc1. The summed E-state index contributed by atoms with van der Waals surface area (Å²) in [5.41, 5.74) is 3.78. The van der Waals surface area contributed by atoms with Crippen LogP contribution in [0.2, 0.25) is 0 Å². The highest BCUT2D eigenvalue weighted by Crippen LogP contribution is 2.23. The lowest BCUT2D eigenvalue weighted by Crippen LogP contribution is -2.40. The molecule has 1 unspecified atom stereocenters. The summed E-state index contributed by atoms with van der Waals surface area (Å²) in [4.78, 5) is 14.6. The Kier molecular flexibility index (Phi) is 9.91. The van der Waals surface area contributed by atoms with Crippen molar-refractivity contribution in [1.82, 2.24) is 10.2 Å². The van der Waals surface area contributed by atoms with E-state index in [1.807, 2.05) is 6.07 Å². The smallest absolute Gasteiger partial charge is 0.234 e. The number of nitrogens with zero attached hydrogens (tertiary/aromatic N) is 1. The lowest BCUT2D eigenvalue weighted by Gasteiger charge is -2.26. The number of rotatable bonds is 12. The number of carbonyl (C=O) groups excluding carboxylic acids is 1. The standard InChI is InChI=1S/C27H39N3O/c1-2-3-6-11-23-14-16-25(17-15-23)29-26(24-12-7-4-8-13-24)18-19-28-27(31)22-30-20-9-5-10-21-30/h4,7-8,12-17,26,29H,2-3,5-6,9-11,18-22H2,1H3,(H,28,31). The molecule has 4 nitrogen and oxygen atoms in total. The van der Waals surface area contributed by atoms with Crippen molar-refractivity contribution in [1.29, 1.82) is 0 Å². The zero-order valence-corrected chi connectivity index (χ0v) is 19.1. The fraction of sp³-hybridized carbons (Fsp3) is 0.519. The predicted molar refractivity (Wildman–Crippen MR) is 130 cm³/mol. The van der Waals surface area contributed by atoms with Crippen LogP contribution in [0.5, 0.6) is 0 Å². The molecule has 2 N–H and O–H groups in total. The number of benzene rings is 2. The first kappa shape index (κ1) is 23.3. The number of nitrogens with one attached hydrogen (secondary N) is 2. The van der Waals surface area contributed by atoms with Crippen LogP contribution in [0, 0.1) is 0 Å². The van der Waals surface area contributed by atoms with Gasteiger partial charge in [-0.3, -0.25) is 9.69 Å². The number of anilines is 1. The van der Waals surface area contributed by atoms with Crippen molar-refractivity contribution in [2.75, 3.05) is 31.5 Å². The summed E-state index contributed by atoms with van der Waals surface area (Å²) in [5, 5.41) is 6.82. The van der Waals surface area contributed by atoms with Gasteiger partial charge in [0, 0.05) is 12.2 Å². The minimum Gasteiger partial charge on any atom is -0.378 e. The number of piperidine rings is 1. The van der Waals surface area contributed by atoms with E-state index in [4.69, 9.17) is 0 Å². The third kappa shape index (κ3) is 8.37. The Morgan fingerprint density at radius 1 is 0.968 bits per heavy atom. The fourth-order valence-electron chi connectivity index (χ4n) is 4.29. The number of aryl methyl sites for hydroxylation is 1.